The van der Waals surface area contributed by atoms with Crippen LogP contribution < -0.4 is 5.32 Å². The van der Waals surface area contributed by atoms with Gasteiger partial charge in [-0.1, -0.05) is 52.2 Å². The average molecular weight is 548 g/mol. The van der Waals surface area contributed by atoms with E-state index < -0.39 is 34.1 Å². The summed E-state index contributed by atoms with van der Waals surface area (Å²) in [6.45, 7) is 13.4. The summed E-state index contributed by atoms with van der Waals surface area (Å²) in [6, 6.07) is 0. The molecule has 0 unspecified atom stereocenters. The molecule has 3 fully saturated rings. The first-order valence-electron chi connectivity index (χ1n) is 15.4. The molecule has 1 amide bonds. The molecule has 3 saturated carbocycles. The van der Waals surface area contributed by atoms with Gasteiger partial charge in [-0.2, -0.15) is 0 Å². The number of aliphatic hydroxyl groups excluding tert-OH is 1. The Morgan fingerprint density at radius 1 is 1.15 bits per heavy atom. The summed E-state index contributed by atoms with van der Waals surface area (Å²) in [5, 5.41) is 26.8. The maximum atomic E-state index is 17.3. The van der Waals surface area contributed by atoms with Crippen LogP contribution in [0.4, 0.5) is 4.39 Å². The second-order valence-corrected chi connectivity index (χ2v) is 13.9. The van der Waals surface area contributed by atoms with Gasteiger partial charge in [-0.05, 0) is 69.4 Å². The number of carbonyl (C=O) groups is 2. The third-order valence-corrected chi connectivity index (χ3v) is 11.6. The van der Waals surface area contributed by atoms with Crippen LogP contribution in [0.2, 0.25) is 0 Å². The van der Waals surface area contributed by atoms with E-state index in [1.165, 1.54) is 12.2 Å². The van der Waals surface area contributed by atoms with Crippen LogP contribution in [0.3, 0.4) is 0 Å². The Labute approximate surface area is 234 Å². The summed E-state index contributed by atoms with van der Waals surface area (Å²) < 4.78 is 18.2. The van der Waals surface area contributed by atoms with E-state index in [0.29, 0.717) is 25.8 Å². The molecule has 7 heteroatoms. The van der Waals surface area contributed by atoms with E-state index in [1.807, 2.05) is 13.8 Å². The number of nitrogens with one attached hydrogen (secondary N) is 1. The molecule has 0 heterocycles. The van der Waals surface area contributed by atoms with Gasteiger partial charge in [0.1, 0.15) is 0 Å². The van der Waals surface area contributed by atoms with E-state index in [2.05, 4.69) is 26.2 Å². The van der Waals surface area contributed by atoms with Gasteiger partial charge in [0.2, 0.25) is 0 Å². The molecule has 0 aliphatic heterocycles. The first kappa shape index (κ1) is 30.4. The van der Waals surface area contributed by atoms with Crippen molar-refractivity contribution in [2.24, 2.45) is 28.6 Å². The second kappa shape index (κ2) is 10.7. The quantitative estimate of drug-likeness (QED) is 0.352. The lowest BCUT2D eigenvalue weighted by Crippen LogP contribution is -2.70. The van der Waals surface area contributed by atoms with Gasteiger partial charge in [-0.3, -0.25) is 9.59 Å². The third-order valence-electron chi connectivity index (χ3n) is 11.6. The Balaban J connectivity index is 1.56. The lowest BCUT2D eigenvalue weighted by Gasteiger charge is -2.62. The number of hydrogen-bond donors (Lipinski definition) is 3. The number of aliphatic hydroxyl groups is 2. The number of likely N-dealkylation sites (N-methyl/N-ethyl adjacent to an activating group) is 1. The van der Waals surface area contributed by atoms with Crippen molar-refractivity contribution in [2.45, 2.75) is 103 Å². The Hall–Kier alpha value is -1.57. The number of fused-ring (bicyclic) bond motifs is 5. The van der Waals surface area contributed by atoms with Crippen LogP contribution in [0.1, 0.15) is 86.0 Å². The van der Waals surface area contributed by atoms with Crippen LogP contribution in [-0.2, 0) is 9.59 Å². The number of hydrogen-bond acceptors (Lipinski definition) is 4. The Kier molecular flexibility index (Phi) is 8.32. The normalized spacial score (nSPS) is 41.5. The molecule has 0 spiro atoms. The molecule has 0 aromatic heterocycles. The van der Waals surface area contributed by atoms with Gasteiger partial charge >= 0.3 is 0 Å². The molecular formula is C32H52FN2O4+. The maximum absolute atomic E-state index is 17.3. The number of quaternary nitrogens is 1. The molecule has 6 nitrogen and oxygen atoms in total. The van der Waals surface area contributed by atoms with E-state index >= 15 is 4.39 Å². The number of unbranched alkanes of at least 4 members (excludes halogenated alkanes) is 2. The van der Waals surface area contributed by atoms with E-state index in [1.54, 1.807) is 13.0 Å². The molecule has 39 heavy (non-hydrogen) atoms. The number of rotatable bonds is 10. The van der Waals surface area contributed by atoms with Crippen molar-refractivity contribution >= 4 is 11.7 Å². The summed E-state index contributed by atoms with van der Waals surface area (Å²) in [5.41, 5.74) is -4.94. The molecule has 3 N–H and O–H groups in total. The number of alkyl halides is 1. The molecule has 4 aliphatic carbocycles. The van der Waals surface area contributed by atoms with Gasteiger partial charge < -0.3 is 20.0 Å². The molecule has 0 aromatic carbocycles. The Morgan fingerprint density at radius 2 is 1.79 bits per heavy atom. The lowest BCUT2D eigenvalue weighted by atomic mass is 9.44. The number of allylic oxidation sites excluding steroid dienone is 4. The van der Waals surface area contributed by atoms with E-state index in [9.17, 15) is 19.8 Å². The monoisotopic (exact) mass is 547 g/mol. The summed E-state index contributed by atoms with van der Waals surface area (Å²) in [4.78, 5) is 25.9. The van der Waals surface area contributed by atoms with Gasteiger partial charge in [-0.25, -0.2) is 4.39 Å². The standard InChI is InChI=1S/C32H51FN2O4/c1-7-9-16-35(6,17-10-8-2)18-15-34-28(38)32(39)22(3)19-26-25-12-11-23-20-24(36)13-14-29(23,4)31(25,33)27(37)21-30(26,32)5/h13-14,20,22,25-27,37,39H,7-12,15-19,21H2,1-6H3/p+1/t22-,25+,26+,27+,29+,30+,31+,32+/m1/s1. The second-order valence-electron chi connectivity index (χ2n) is 13.9. The minimum absolute atomic E-state index is 0.00433. The first-order valence-corrected chi connectivity index (χ1v) is 15.4. The summed E-state index contributed by atoms with van der Waals surface area (Å²) >= 11 is 0. The molecule has 8 atom stereocenters. The maximum Gasteiger partial charge on any atom is 0.253 e. The minimum atomic E-state index is -1.96. The largest absolute Gasteiger partial charge is 0.390 e. The van der Waals surface area contributed by atoms with Crippen LogP contribution in [0.25, 0.3) is 0 Å². The van der Waals surface area contributed by atoms with E-state index in [0.717, 1.165) is 55.4 Å². The molecule has 4 rings (SSSR count). The number of amides is 1. The van der Waals surface area contributed by atoms with Crippen molar-refractivity contribution in [2.75, 3.05) is 33.2 Å². The van der Waals surface area contributed by atoms with Crippen LogP contribution in [0, 0.1) is 28.6 Å². The predicted octanol–water partition coefficient (Wildman–Crippen LogP) is 4.50. The molecule has 0 aromatic rings. The van der Waals surface area contributed by atoms with Crippen LogP contribution in [-0.4, -0.2) is 77.0 Å². The lowest BCUT2D eigenvalue weighted by molar-refractivity contribution is -0.908. The van der Waals surface area contributed by atoms with Gasteiger partial charge in [0, 0.05) is 16.7 Å². The SMILES string of the molecule is CCCC[N+](C)(CCCC)CCNC(=O)[C@@]1(O)[C@H](C)C[C@H]2[C@@H]3CCC4=CC(=O)C=C[C@]4(C)[C@@]3(F)[C@@H](O)C[C@@]21C. The summed E-state index contributed by atoms with van der Waals surface area (Å²) in [5.74, 6) is -1.66. The van der Waals surface area contributed by atoms with Crippen molar-refractivity contribution < 1.29 is 28.7 Å². The van der Waals surface area contributed by atoms with Crippen LogP contribution in [0.5, 0.6) is 0 Å². The first-order chi connectivity index (χ1) is 18.2. The highest BCUT2D eigenvalue weighted by Gasteiger charge is 2.75. The zero-order chi connectivity index (χ0) is 28.9. The minimum Gasteiger partial charge on any atom is -0.390 e. The fourth-order valence-corrected chi connectivity index (χ4v) is 9.02. The van der Waals surface area contributed by atoms with Gasteiger partial charge in [-0.15, -0.1) is 0 Å². The Morgan fingerprint density at radius 3 is 2.41 bits per heavy atom. The van der Waals surface area contributed by atoms with Crippen molar-refractivity contribution in [3.05, 3.63) is 23.8 Å². The van der Waals surface area contributed by atoms with Gasteiger partial charge in [0.25, 0.3) is 5.91 Å². The van der Waals surface area contributed by atoms with E-state index in [4.69, 9.17) is 0 Å². The zero-order valence-electron chi connectivity index (χ0n) is 25.1. The number of ketones is 1. The highest BCUT2D eigenvalue weighted by molar-refractivity contribution is 6.01. The van der Waals surface area contributed by atoms with Gasteiger partial charge in [0.05, 0.1) is 39.3 Å². The fourth-order valence-electron chi connectivity index (χ4n) is 9.02. The van der Waals surface area contributed by atoms with Crippen molar-refractivity contribution in [1.82, 2.24) is 5.32 Å². The van der Waals surface area contributed by atoms with E-state index in [-0.39, 0.29) is 29.9 Å². The molecule has 220 valence electrons. The molecule has 0 radical (unpaired) electrons. The highest BCUT2D eigenvalue weighted by atomic mass is 19.1. The average Bonchev–Trinajstić information content (AvgIpc) is 3.09. The van der Waals surface area contributed by atoms with Crippen molar-refractivity contribution in [3.8, 4) is 0 Å². The van der Waals surface area contributed by atoms with Crippen LogP contribution in [0.15, 0.2) is 23.8 Å². The summed E-state index contributed by atoms with van der Waals surface area (Å²) in [7, 11) is 2.25. The van der Waals surface area contributed by atoms with Crippen LogP contribution >= 0.6 is 0 Å². The topological polar surface area (TPSA) is 86.6 Å². The number of carbonyl (C=O) groups excluding carboxylic acids is 2. The number of nitrogens with zero attached hydrogens (tertiary/aromatic N) is 1. The zero-order valence-corrected chi connectivity index (χ0v) is 25.1. The Bertz CT molecular complexity index is 1020. The number of halogens is 1. The van der Waals surface area contributed by atoms with Gasteiger partial charge in [0.15, 0.2) is 17.1 Å². The highest BCUT2D eigenvalue weighted by Crippen LogP contribution is 2.70. The third kappa shape index (κ3) is 4.55. The fraction of sp³-hybridized carbons (Fsp3) is 0.812. The smallest absolute Gasteiger partial charge is 0.253 e. The van der Waals surface area contributed by atoms with Crippen molar-refractivity contribution in [1.29, 1.82) is 0 Å². The van der Waals surface area contributed by atoms with Crippen molar-refractivity contribution in [3.63, 3.8) is 0 Å². The molecule has 0 saturated heterocycles. The summed E-state index contributed by atoms with van der Waals surface area (Å²) in [6.07, 6.45) is 9.38. The molecule has 4 aliphatic rings. The predicted molar refractivity (Wildman–Crippen MR) is 151 cm³/mol. The molecule has 0 bridgehead atoms. The molecular weight excluding hydrogens is 495 g/mol.